The molecule has 2 aliphatic heterocycles. The summed E-state index contributed by atoms with van der Waals surface area (Å²) in [4.78, 5) is 4.22. The Hall–Kier alpha value is -1.35. The summed E-state index contributed by atoms with van der Waals surface area (Å²) in [6.07, 6.45) is 9.76. The van der Waals surface area contributed by atoms with E-state index in [1.165, 1.54) is 24.8 Å². The van der Waals surface area contributed by atoms with Crippen molar-refractivity contribution in [1.29, 1.82) is 0 Å². The van der Waals surface area contributed by atoms with Crippen molar-refractivity contribution in [3.8, 4) is 5.75 Å². The highest BCUT2D eigenvalue weighted by molar-refractivity contribution is 5.56. The molecule has 2 bridgehead atoms. The summed E-state index contributed by atoms with van der Waals surface area (Å²) in [6, 6.07) is 3.39. The molecular formula is C14H18N2O. The van der Waals surface area contributed by atoms with E-state index in [2.05, 4.69) is 22.4 Å². The molecule has 17 heavy (non-hydrogen) atoms. The predicted octanol–water partition coefficient (Wildman–Crippen LogP) is 2.39. The predicted molar refractivity (Wildman–Crippen MR) is 67.9 cm³/mol. The highest BCUT2D eigenvalue weighted by Gasteiger charge is 2.34. The van der Waals surface area contributed by atoms with Gasteiger partial charge in [0.15, 0.2) is 0 Å². The number of fused-ring (bicyclic) bond motifs is 2. The van der Waals surface area contributed by atoms with Crippen molar-refractivity contribution < 1.29 is 4.74 Å². The van der Waals surface area contributed by atoms with Crippen LogP contribution in [0.15, 0.2) is 24.0 Å². The minimum Gasteiger partial charge on any atom is -0.492 e. The van der Waals surface area contributed by atoms with E-state index in [4.69, 9.17) is 4.74 Å². The molecule has 3 heterocycles. The first-order valence-electron chi connectivity index (χ1n) is 6.39. The van der Waals surface area contributed by atoms with Gasteiger partial charge in [-0.15, -0.1) is 0 Å². The first-order chi connectivity index (χ1) is 8.35. The van der Waals surface area contributed by atoms with E-state index < -0.39 is 0 Å². The van der Waals surface area contributed by atoms with Crippen molar-refractivity contribution in [1.82, 2.24) is 10.3 Å². The van der Waals surface area contributed by atoms with Crippen LogP contribution in [0.4, 0.5) is 0 Å². The fraction of sp³-hybridized carbons (Fsp3) is 0.500. The maximum atomic E-state index is 5.47. The number of ether oxygens (including phenoxy) is 1. The number of aromatic nitrogens is 1. The van der Waals surface area contributed by atoms with Crippen molar-refractivity contribution in [3.05, 3.63) is 29.6 Å². The van der Waals surface area contributed by atoms with Crippen LogP contribution in [-0.2, 0) is 0 Å². The monoisotopic (exact) mass is 230 g/mol. The van der Waals surface area contributed by atoms with Gasteiger partial charge in [-0.2, -0.15) is 0 Å². The van der Waals surface area contributed by atoms with Gasteiger partial charge in [0.25, 0.3) is 0 Å². The summed E-state index contributed by atoms with van der Waals surface area (Å²) in [7, 11) is 0. The smallest absolute Gasteiger partial charge is 0.138 e. The standard InChI is InChI=1S/C14H18N2O/c1-2-17-13-6-10(8-15-9-13)5-11-7-12-3-4-14(11)16-12/h5-6,8-9,12,14,16H,2-4,7H2,1H3. The lowest BCUT2D eigenvalue weighted by Gasteiger charge is -2.11. The topological polar surface area (TPSA) is 34.1 Å². The minimum absolute atomic E-state index is 0.607. The molecular weight excluding hydrogens is 212 g/mol. The highest BCUT2D eigenvalue weighted by Crippen LogP contribution is 2.33. The second-order valence-electron chi connectivity index (χ2n) is 4.80. The zero-order chi connectivity index (χ0) is 11.7. The van der Waals surface area contributed by atoms with Crippen LogP contribution in [0.3, 0.4) is 0 Å². The van der Waals surface area contributed by atoms with E-state index in [0.717, 1.165) is 11.3 Å². The van der Waals surface area contributed by atoms with Crippen LogP contribution >= 0.6 is 0 Å². The Kier molecular flexibility index (Phi) is 2.85. The van der Waals surface area contributed by atoms with E-state index in [9.17, 15) is 0 Å². The summed E-state index contributed by atoms with van der Waals surface area (Å²) in [5.74, 6) is 0.859. The van der Waals surface area contributed by atoms with Gasteiger partial charge in [0, 0.05) is 18.3 Å². The quantitative estimate of drug-likeness (QED) is 0.865. The van der Waals surface area contributed by atoms with Crippen LogP contribution in [0.1, 0.15) is 31.7 Å². The van der Waals surface area contributed by atoms with Crippen LogP contribution in [0, 0.1) is 0 Å². The van der Waals surface area contributed by atoms with Gasteiger partial charge in [-0.1, -0.05) is 11.6 Å². The zero-order valence-corrected chi connectivity index (χ0v) is 10.1. The summed E-state index contributed by atoms with van der Waals surface area (Å²) >= 11 is 0. The Morgan fingerprint density at radius 3 is 3.12 bits per heavy atom. The molecule has 2 saturated heterocycles. The molecule has 1 aromatic heterocycles. The molecule has 3 heteroatoms. The number of pyridine rings is 1. The SMILES string of the molecule is CCOc1cncc(C=C2CC3CCC2N3)c1. The number of hydrogen-bond donors (Lipinski definition) is 1. The first-order valence-corrected chi connectivity index (χ1v) is 6.39. The highest BCUT2D eigenvalue weighted by atomic mass is 16.5. The lowest BCUT2D eigenvalue weighted by Crippen LogP contribution is -2.18. The molecule has 0 amide bonds. The molecule has 90 valence electrons. The molecule has 2 unspecified atom stereocenters. The van der Waals surface area contributed by atoms with E-state index >= 15 is 0 Å². The molecule has 2 aliphatic rings. The maximum Gasteiger partial charge on any atom is 0.138 e. The van der Waals surface area contributed by atoms with Crippen LogP contribution < -0.4 is 10.1 Å². The molecule has 2 fully saturated rings. The van der Waals surface area contributed by atoms with Crippen molar-refractivity contribution >= 4 is 6.08 Å². The Balaban J connectivity index is 1.80. The van der Waals surface area contributed by atoms with E-state index in [-0.39, 0.29) is 0 Å². The lowest BCUT2D eigenvalue weighted by molar-refractivity contribution is 0.339. The fourth-order valence-electron chi connectivity index (χ4n) is 2.83. The van der Waals surface area contributed by atoms with Gasteiger partial charge < -0.3 is 10.1 Å². The Morgan fingerprint density at radius 2 is 2.41 bits per heavy atom. The Labute approximate surface area is 102 Å². The third-order valence-electron chi connectivity index (χ3n) is 3.57. The fourth-order valence-corrected chi connectivity index (χ4v) is 2.83. The normalized spacial score (nSPS) is 28.9. The van der Waals surface area contributed by atoms with Crippen LogP contribution in [0.2, 0.25) is 0 Å². The Morgan fingerprint density at radius 1 is 1.47 bits per heavy atom. The molecule has 3 nitrogen and oxygen atoms in total. The zero-order valence-electron chi connectivity index (χ0n) is 10.1. The molecule has 2 atom stereocenters. The lowest BCUT2D eigenvalue weighted by atomic mass is 9.93. The number of hydrogen-bond acceptors (Lipinski definition) is 3. The van der Waals surface area contributed by atoms with E-state index in [1.807, 2.05) is 13.1 Å². The molecule has 3 rings (SSSR count). The Bertz CT molecular complexity index is 442. The van der Waals surface area contributed by atoms with Crippen molar-refractivity contribution in [2.45, 2.75) is 38.3 Å². The molecule has 0 saturated carbocycles. The molecule has 1 N–H and O–H groups in total. The van der Waals surface area contributed by atoms with Gasteiger partial charge in [0.05, 0.1) is 12.8 Å². The van der Waals surface area contributed by atoms with Crippen LogP contribution in [0.25, 0.3) is 6.08 Å². The van der Waals surface area contributed by atoms with Crippen LogP contribution in [0.5, 0.6) is 5.75 Å². The van der Waals surface area contributed by atoms with Crippen molar-refractivity contribution in [2.24, 2.45) is 0 Å². The minimum atomic E-state index is 0.607. The summed E-state index contributed by atoms with van der Waals surface area (Å²) in [5.41, 5.74) is 2.68. The first kappa shape index (κ1) is 10.8. The van der Waals surface area contributed by atoms with Gasteiger partial charge >= 0.3 is 0 Å². The summed E-state index contributed by atoms with van der Waals surface area (Å²) in [6.45, 7) is 2.68. The van der Waals surface area contributed by atoms with Gasteiger partial charge in [-0.05, 0) is 37.8 Å². The second-order valence-corrected chi connectivity index (χ2v) is 4.80. The van der Waals surface area contributed by atoms with Gasteiger partial charge in [-0.25, -0.2) is 0 Å². The molecule has 1 aromatic rings. The third kappa shape index (κ3) is 2.20. The van der Waals surface area contributed by atoms with Crippen molar-refractivity contribution in [2.75, 3.05) is 6.61 Å². The van der Waals surface area contributed by atoms with E-state index in [0.29, 0.717) is 18.7 Å². The average Bonchev–Trinajstić information content (AvgIpc) is 2.92. The average molecular weight is 230 g/mol. The molecule has 0 radical (unpaired) electrons. The summed E-state index contributed by atoms with van der Waals surface area (Å²) < 4.78 is 5.47. The molecule has 0 aliphatic carbocycles. The maximum absolute atomic E-state index is 5.47. The van der Waals surface area contributed by atoms with Gasteiger partial charge in [-0.3, -0.25) is 4.98 Å². The van der Waals surface area contributed by atoms with Gasteiger partial charge in [0.2, 0.25) is 0 Å². The second kappa shape index (κ2) is 4.49. The van der Waals surface area contributed by atoms with Gasteiger partial charge in [0.1, 0.15) is 5.75 Å². The molecule has 0 aromatic carbocycles. The van der Waals surface area contributed by atoms with E-state index in [1.54, 1.807) is 6.20 Å². The third-order valence-corrected chi connectivity index (χ3v) is 3.57. The largest absolute Gasteiger partial charge is 0.492 e. The molecule has 0 spiro atoms. The van der Waals surface area contributed by atoms with Crippen molar-refractivity contribution in [3.63, 3.8) is 0 Å². The number of nitrogens with zero attached hydrogens (tertiary/aromatic N) is 1. The number of rotatable bonds is 3. The van der Waals surface area contributed by atoms with Crippen LogP contribution in [-0.4, -0.2) is 23.7 Å². The number of nitrogens with one attached hydrogen (secondary N) is 1. The summed E-state index contributed by atoms with van der Waals surface area (Å²) in [5, 5.41) is 3.62.